The van der Waals surface area contributed by atoms with E-state index in [0.717, 1.165) is 10.6 Å². The van der Waals surface area contributed by atoms with Gasteiger partial charge >= 0.3 is 0 Å². The topological polar surface area (TPSA) is 105 Å². The molecule has 0 heterocycles. The lowest BCUT2D eigenvalue weighted by atomic mass is 10.1. The lowest BCUT2D eigenvalue weighted by molar-refractivity contribution is -0.139. The van der Waals surface area contributed by atoms with Crippen molar-refractivity contribution in [2.24, 2.45) is 5.92 Å². The molecule has 0 spiro atoms. The van der Waals surface area contributed by atoms with Crippen LogP contribution in [0.25, 0.3) is 0 Å². The van der Waals surface area contributed by atoms with Crippen molar-refractivity contribution in [2.75, 3.05) is 37.9 Å². The SMILES string of the molecule is COc1ccc(N(CC(=O)N(Cc2ccccc2F)[C@@H](C)C(=O)NCC(C)C)S(C)(=O)=O)c(OC)c1. The zero-order valence-corrected chi connectivity index (χ0v) is 22.3. The van der Waals surface area contributed by atoms with Crippen molar-refractivity contribution in [1.29, 1.82) is 0 Å². The highest BCUT2D eigenvalue weighted by atomic mass is 32.2. The lowest BCUT2D eigenvalue weighted by Crippen LogP contribution is -2.51. The van der Waals surface area contributed by atoms with Crippen LogP contribution in [-0.2, 0) is 26.2 Å². The molecule has 0 fully saturated rings. The van der Waals surface area contributed by atoms with Gasteiger partial charge in [-0.25, -0.2) is 12.8 Å². The summed E-state index contributed by atoms with van der Waals surface area (Å²) < 4.78 is 51.3. The van der Waals surface area contributed by atoms with E-state index in [1.807, 2.05) is 13.8 Å². The molecular weight excluding hydrogens is 489 g/mol. The van der Waals surface area contributed by atoms with E-state index in [-0.39, 0.29) is 29.5 Å². The molecule has 1 atom stereocenters. The van der Waals surface area contributed by atoms with Crippen LogP contribution in [-0.4, -0.2) is 64.7 Å². The molecular formula is C25H34FN3O6S. The van der Waals surface area contributed by atoms with Crippen molar-refractivity contribution in [2.45, 2.75) is 33.4 Å². The van der Waals surface area contributed by atoms with Crippen molar-refractivity contribution in [3.05, 3.63) is 53.8 Å². The van der Waals surface area contributed by atoms with Gasteiger partial charge in [0, 0.05) is 24.7 Å². The van der Waals surface area contributed by atoms with Crippen molar-refractivity contribution in [3.63, 3.8) is 0 Å². The van der Waals surface area contributed by atoms with E-state index in [0.29, 0.717) is 12.3 Å². The van der Waals surface area contributed by atoms with Crippen LogP contribution in [0, 0.1) is 11.7 Å². The van der Waals surface area contributed by atoms with Gasteiger partial charge in [0.1, 0.15) is 29.9 Å². The Morgan fingerprint density at radius 2 is 1.72 bits per heavy atom. The molecule has 0 unspecified atom stereocenters. The first-order valence-corrected chi connectivity index (χ1v) is 13.2. The minimum Gasteiger partial charge on any atom is -0.497 e. The van der Waals surface area contributed by atoms with Gasteiger partial charge in [-0.3, -0.25) is 13.9 Å². The maximum Gasteiger partial charge on any atom is 0.244 e. The summed E-state index contributed by atoms with van der Waals surface area (Å²) in [7, 11) is -1.13. The van der Waals surface area contributed by atoms with Crippen LogP contribution < -0.4 is 19.1 Å². The van der Waals surface area contributed by atoms with Gasteiger partial charge in [-0.05, 0) is 31.0 Å². The number of benzene rings is 2. The third kappa shape index (κ3) is 7.58. The fraction of sp³-hybridized carbons (Fsp3) is 0.440. The molecule has 36 heavy (non-hydrogen) atoms. The van der Waals surface area contributed by atoms with E-state index in [4.69, 9.17) is 9.47 Å². The third-order valence-corrected chi connectivity index (χ3v) is 6.61. The fourth-order valence-corrected chi connectivity index (χ4v) is 4.28. The highest BCUT2D eigenvalue weighted by molar-refractivity contribution is 7.92. The smallest absolute Gasteiger partial charge is 0.244 e. The standard InChI is InChI=1S/C25H34FN3O6S/c1-17(2)14-27-25(31)18(3)28(15-19-9-7-8-10-21(19)26)24(30)16-29(36(6,32)33)22-12-11-20(34-4)13-23(22)35-5/h7-13,17-18H,14-16H2,1-6H3,(H,27,31)/t18-/m0/s1. The van der Waals surface area contributed by atoms with Crippen LogP contribution in [0.1, 0.15) is 26.3 Å². The number of amides is 2. The Balaban J connectivity index is 2.45. The first-order chi connectivity index (χ1) is 16.9. The predicted octanol–water partition coefficient (Wildman–Crippen LogP) is 2.80. The largest absolute Gasteiger partial charge is 0.497 e. The van der Waals surface area contributed by atoms with Gasteiger partial charge in [0.15, 0.2) is 0 Å². The Kier molecular flexibility index (Phi) is 10.1. The summed E-state index contributed by atoms with van der Waals surface area (Å²) in [5.41, 5.74) is 0.319. The van der Waals surface area contributed by atoms with Crippen LogP contribution in [0.3, 0.4) is 0 Å². The zero-order chi connectivity index (χ0) is 27.0. The second-order valence-electron chi connectivity index (χ2n) is 8.74. The number of ether oxygens (including phenoxy) is 2. The molecule has 0 aliphatic rings. The molecule has 2 rings (SSSR count). The number of hydrogen-bond donors (Lipinski definition) is 1. The highest BCUT2D eigenvalue weighted by Crippen LogP contribution is 2.33. The predicted molar refractivity (Wildman–Crippen MR) is 136 cm³/mol. The van der Waals surface area contributed by atoms with Crippen LogP contribution in [0.15, 0.2) is 42.5 Å². The molecule has 2 aromatic carbocycles. The molecule has 0 aliphatic carbocycles. The molecule has 2 amide bonds. The number of rotatable bonds is 12. The van der Waals surface area contributed by atoms with E-state index in [1.165, 1.54) is 56.4 Å². The normalized spacial score (nSPS) is 12.1. The van der Waals surface area contributed by atoms with Gasteiger partial charge in [-0.15, -0.1) is 0 Å². The Bertz CT molecular complexity index is 1170. The molecule has 0 radical (unpaired) electrons. The Morgan fingerprint density at radius 1 is 1.06 bits per heavy atom. The molecule has 198 valence electrons. The maximum absolute atomic E-state index is 14.4. The lowest BCUT2D eigenvalue weighted by Gasteiger charge is -2.32. The number of carbonyl (C=O) groups is 2. The molecule has 0 aliphatic heterocycles. The van der Waals surface area contributed by atoms with E-state index in [1.54, 1.807) is 12.1 Å². The molecule has 0 aromatic heterocycles. The summed E-state index contributed by atoms with van der Waals surface area (Å²) in [5, 5.41) is 2.77. The van der Waals surface area contributed by atoms with E-state index >= 15 is 0 Å². The quantitative estimate of drug-likeness (QED) is 0.459. The number of carbonyl (C=O) groups excluding carboxylic acids is 2. The number of hydrogen-bond acceptors (Lipinski definition) is 6. The summed E-state index contributed by atoms with van der Waals surface area (Å²) in [5.74, 6) is -0.861. The number of halogens is 1. The van der Waals surface area contributed by atoms with Gasteiger partial charge in [-0.1, -0.05) is 32.0 Å². The number of anilines is 1. The molecule has 9 nitrogen and oxygen atoms in total. The second-order valence-corrected chi connectivity index (χ2v) is 10.6. The summed E-state index contributed by atoms with van der Waals surface area (Å²) >= 11 is 0. The van der Waals surface area contributed by atoms with Gasteiger partial charge < -0.3 is 19.7 Å². The summed E-state index contributed by atoms with van der Waals surface area (Å²) in [4.78, 5) is 27.5. The molecule has 2 aromatic rings. The Labute approximate surface area is 212 Å². The first-order valence-electron chi connectivity index (χ1n) is 11.4. The average Bonchev–Trinajstić information content (AvgIpc) is 2.83. The van der Waals surface area contributed by atoms with Crippen molar-refractivity contribution in [1.82, 2.24) is 10.2 Å². The molecule has 0 saturated heterocycles. The van der Waals surface area contributed by atoms with Gasteiger partial charge in [0.25, 0.3) is 0 Å². The van der Waals surface area contributed by atoms with Crippen molar-refractivity contribution >= 4 is 27.5 Å². The van der Waals surface area contributed by atoms with Crippen molar-refractivity contribution < 1.29 is 31.9 Å². The van der Waals surface area contributed by atoms with Crippen LogP contribution in [0.5, 0.6) is 11.5 Å². The summed E-state index contributed by atoms with van der Waals surface area (Å²) in [6, 6.07) is 9.42. The number of nitrogens with zero attached hydrogens (tertiary/aromatic N) is 2. The van der Waals surface area contributed by atoms with E-state index in [9.17, 15) is 22.4 Å². The van der Waals surface area contributed by atoms with E-state index in [2.05, 4.69) is 5.32 Å². The zero-order valence-electron chi connectivity index (χ0n) is 21.4. The number of sulfonamides is 1. The number of methoxy groups -OCH3 is 2. The monoisotopic (exact) mass is 523 g/mol. The van der Waals surface area contributed by atoms with Crippen LogP contribution in [0.2, 0.25) is 0 Å². The average molecular weight is 524 g/mol. The minimum absolute atomic E-state index is 0.122. The summed E-state index contributed by atoms with van der Waals surface area (Å²) in [6.07, 6.45) is 0.962. The number of nitrogens with one attached hydrogen (secondary N) is 1. The summed E-state index contributed by atoms with van der Waals surface area (Å²) in [6.45, 7) is 4.92. The maximum atomic E-state index is 14.4. The Hall–Kier alpha value is -3.34. The second kappa shape index (κ2) is 12.6. The molecule has 1 N–H and O–H groups in total. The fourth-order valence-electron chi connectivity index (χ4n) is 3.43. The van der Waals surface area contributed by atoms with Crippen molar-refractivity contribution in [3.8, 4) is 11.5 Å². The minimum atomic E-state index is -3.96. The van der Waals surface area contributed by atoms with Gasteiger partial charge in [-0.2, -0.15) is 0 Å². The van der Waals surface area contributed by atoms with Crippen LogP contribution in [0.4, 0.5) is 10.1 Å². The van der Waals surface area contributed by atoms with Crippen LogP contribution >= 0.6 is 0 Å². The van der Waals surface area contributed by atoms with E-state index < -0.39 is 40.2 Å². The van der Waals surface area contributed by atoms with Gasteiger partial charge in [0.2, 0.25) is 21.8 Å². The highest BCUT2D eigenvalue weighted by Gasteiger charge is 2.31. The molecule has 0 bridgehead atoms. The molecule has 0 saturated carbocycles. The Morgan fingerprint density at radius 3 is 2.28 bits per heavy atom. The first kappa shape index (κ1) is 28.9. The van der Waals surface area contributed by atoms with Gasteiger partial charge in [0.05, 0.1) is 26.2 Å². The third-order valence-electron chi connectivity index (χ3n) is 5.49. The molecule has 11 heteroatoms.